The van der Waals surface area contributed by atoms with Crippen molar-refractivity contribution in [1.82, 2.24) is 0 Å². The molecule has 2 aromatic carbocycles. The molecular formula is C14H12F3N. The van der Waals surface area contributed by atoms with E-state index in [9.17, 15) is 13.2 Å². The molecule has 4 heteroatoms. The van der Waals surface area contributed by atoms with Crippen LogP contribution in [-0.4, -0.2) is 0 Å². The first-order valence-corrected chi connectivity index (χ1v) is 5.43. The molecule has 2 rings (SSSR count). The highest BCUT2D eigenvalue weighted by atomic mass is 19.4. The molecule has 0 heterocycles. The fraction of sp³-hybridized carbons (Fsp3) is 0.143. The fourth-order valence-electron chi connectivity index (χ4n) is 1.91. The second kappa shape index (κ2) is 4.37. The van der Waals surface area contributed by atoms with E-state index in [2.05, 4.69) is 0 Å². The predicted octanol–water partition coefficient (Wildman–Crippen LogP) is 4.26. The number of halogens is 3. The van der Waals surface area contributed by atoms with Gasteiger partial charge in [-0.2, -0.15) is 13.2 Å². The molecule has 0 aliphatic heterocycles. The van der Waals surface area contributed by atoms with Crippen molar-refractivity contribution in [3.63, 3.8) is 0 Å². The van der Waals surface area contributed by atoms with E-state index in [1.165, 1.54) is 12.1 Å². The van der Waals surface area contributed by atoms with Crippen LogP contribution < -0.4 is 5.73 Å². The molecule has 0 saturated heterocycles. The van der Waals surface area contributed by atoms with Gasteiger partial charge in [0, 0.05) is 5.69 Å². The number of hydrogen-bond acceptors (Lipinski definition) is 1. The summed E-state index contributed by atoms with van der Waals surface area (Å²) in [6.07, 6.45) is -4.37. The van der Waals surface area contributed by atoms with Crippen LogP contribution in [0, 0.1) is 6.92 Å². The van der Waals surface area contributed by atoms with E-state index in [0.717, 1.165) is 6.07 Å². The van der Waals surface area contributed by atoms with E-state index in [4.69, 9.17) is 5.73 Å². The standard InChI is InChI=1S/C14H12F3N/c1-9-10(6-4-8-13(9)18)11-5-2-3-7-12(11)14(15,16)17/h2-8H,18H2,1H3. The van der Waals surface area contributed by atoms with Crippen LogP contribution in [-0.2, 0) is 6.18 Å². The van der Waals surface area contributed by atoms with Crippen molar-refractivity contribution in [1.29, 1.82) is 0 Å². The van der Waals surface area contributed by atoms with Crippen molar-refractivity contribution in [2.75, 3.05) is 5.73 Å². The second-order valence-corrected chi connectivity index (χ2v) is 4.06. The largest absolute Gasteiger partial charge is 0.417 e. The van der Waals surface area contributed by atoms with Gasteiger partial charge < -0.3 is 5.73 Å². The number of rotatable bonds is 1. The van der Waals surface area contributed by atoms with Crippen LogP contribution in [0.5, 0.6) is 0 Å². The lowest BCUT2D eigenvalue weighted by Crippen LogP contribution is -2.07. The summed E-state index contributed by atoms with van der Waals surface area (Å²) < 4.78 is 38.8. The van der Waals surface area contributed by atoms with Crippen molar-refractivity contribution < 1.29 is 13.2 Å². The Labute approximate surface area is 103 Å². The first-order valence-electron chi connectivity index (χ1n) is 5.43. The molecule has 2 N–H and O–H groups in total. The SMILES string of the molecule is Cc1c(N)cccc1-c1ccccc1C(F)(F)F. The van der Waals surface area contributed by atoms with Crippen LogP contribution in [0.4, 0.5) is 18.9 Å². The number of nitrogens with two attached hydrogens (primary N) is 1. The van der Waals surface area contributed by atoms with E-state index in [1.54, 1.807) is 31.2 Å². The molecule has 0 saturated carbocycles. The Morgan fingerprint density at radius 1 is 0.889 bits per heavy atom. The Kier molecular flexibility index (Phi) is 3.03. The maximum Gasteiger partial charge on any atom is 0.417 e. The minimum Gasteiger partial charge on any atom is -0.398 e. The van der Waals surface area contributed by atoms with Gasteiger partial charge in [-0.3, -0.25) is 0 Å². The van der Waals surface area contributed by atoms with Crippen LogP contribution in [0.1, 0.15) is 11.1 Å². The number of nitrogen functional groups attached to an aromatic ring is 1. The van der Waals surface area contributed by atoms with E-state index >= 15 is 0 Å². The Hall–Kier alpha value is -1.97. The molecule has 0 aliphatic carbocycles. The van der Waals surface area contributed by atoms with Gasteiger partial charge in [0.2, 0.25) is 0 Å². The van der Waals surface area contributed by atoms with E-state index in [0.29, 0.717) is 16.8 Å². The zero-order valence-electron chi connectivity index (χ0n) is 9.75. The molecule has 0 fully saturated rings. The Morgan fingerprint density at radius 3 is 2.17 bits per heavy atom. The normalized spacial score (nSPS) is 11.6. The lowest BCUT2D eigenvalue weighted by molar-refractivity contribution is -0.137. The summed E-state index contributed by atoms with van der Waals surface area (Å²) in [5.41, 5.74) is 6.93. The molecule has 1 nitrogen and oxygen atoms in total. The van der Waals surface area contributed by atoms with Crippen molar-refractivity contribution in [2.24, 2.45) is 0 Å². The molecule has 94 valence electrons. The zero-order valence-corrected chi connectivity index (χ0v) is 9.75. The Morgan fingerprint density at radius 2 is 1.50 bits per heavy atom. The summed E-state index contributed by atoms with van der Waals surface area (Å²) in [5, 5.41) is 0. The van der Waals surface area contributed by atoms with Gasteiger partial charge in [-0.15, -0.1) is 0 Å². The average Bonchev–Trinajstić information content (AvgIpc) is 2.32. The van der Waals surface area contributed by atoms with Gasteiger partial charge in [0.15, 0.2) is 0 Å². The van der Waals surface area contributed by atoms with Gasteiger partial charge in [-0.05, 0) is 35.7 Å². The lowest BCUT2D eigenvalue weighted by atomic mass is 9.95. The molecule has 0 unspecified atom stereocenters. The number of hydrogen-bond donors (Lipinski definition) is 1. The number of benzene rings is 2. The molecule has 18 heavy (non-hydrogen) atoms. The van der Waals surface area contributed by atoms with Crippen LogP contribution in [0.15, 0.2) is 42.5 Å². The summed E-state index contributed by atoms with van der Waals surface area (Å²) in [6.45, 7) is 1.72. The quantitative estimate of drug-likeness (QED) is 0.753. The summed E-state index contributed by atoms with van der Waals surface area (Å²) in [5.74, 6) is 0. The molecule has 0 aliphatic rings. The van der Waals surface area contributed by atoms with Gasteiger partial charge in [-0.25, -0.2) is 0 Å². The first kappa shape index (κ1) is 12.5. The topological polar surface area (TPSA) is 26.0 Å². The molecule has 2 aromatic rings. The maximum absolute atomic E-state index is 12.9. The number of alkyl halides is 3. The van der Waals surface area contributed by atoms with Crippen molar-refractivity contribution in [3.8, 4) is 11.1 Å². The van der Waals surface area contributed by atoms with Crippen LogP contribution in [0.3, 0.4) is 0 Å². The number of anilines is 1. The fourth-order valence-corrected chi connectivity index (χ4v) is 1.91. The monoisotopic (exact) mass is 251 g/mol. The van der Waals surface area contributed by atoms with E-state index in [-0.39, 0.29) is 5.56 Å². The van der Waals surface area contributed by atoms with Gasteiger partial charge in [-0.1, -0.05) is 30.3 Å². The molecule has 0 radical (unpaired) electrons. The molecule has 0 bridgehead atoms. The third kappa shape index (κ3) is 2.18. The Bertz CT molecular complexity index is 573. The minimum absolute atomic E-state index is 0.162. The van der Waals surface area contributed by atoms with Gasteiger partial charge in [0.1, 0.15) is 0 Å². The van der Waals surface area contributed by atoms with Crippen LogP contribution in [0.25, 0.3) is 11.1 Å². The van der Waals surface area contributed by atoms with Crippen molar-refractivity contribution in [3.05, 3.63) is 53.6 Å². The van der Waals surface area contributed by atoms with Gasteiger partial charge in [0.05, 0.1) is 5.56 Å². The maximum atomic E-state index is 12.9. The molecule has 0 spiro atoms. The van der Waals surface area contributed by atoms with Gasteiger partial charge in [0.25, 0.3) is 0 Å². The molecule has 0 aromatic heterocycles. The highest BCUT2D eigenvalue weighted by Crippen LogP contribution is 2.38. The third-order valence-corrected chi connectivity index (χ3v) is 2.90. The van der Waals surface area contributed by atoms with Crippen molar-refractivity contribution in [2.45, 2.75) is 13.1 Å². The third-order valence-electron chi connectivity index (χ3n) is 2.90. The minimum atomic E-state index is -4.37. The summed E-state index contributed by atoms with van der Waals surface area (Å²) >= 11 is 0. The van der Waals surface area contributed by atoms with E-state index < -0.39 is 11.7 Å². The Balaban J connectivity index is 2.69. The average molecular weight is 251 g/mol. The van der Waals surface area contributed by atoms with Crippen molar-refractivity contribution >= 4 is 5.69 Å². The van der Waals surface area contributed by atoms with E-state index in [1.807, 2.05) is 0 Å². The molecular weight excluding hydrogens is 239 g/mol. The lowest BCUT2D eigenvalue weighted by Gasteiger charge is -2.15. The smallest absolute Gasteiger partial charge is 0.398 e. The van der Waals surface area contributed by atoms with Gasteiger partial charge >= 0.3 is 6.18 Å². The second-order valence-electron chi connectivity index (χ2n) is 4.06. The zero-order chi connectivity index (χ0) is 13.3. The predicted molar refractivity (Wildman–Crippen MR) is 66.0 cm³/mol. The van der Waals surface area contributed by atoms with Crippen LogP contribution >= 0.6 is 0 Å². The highest BCUT2D eigenvalue weighted by molar-refractivity contribution is 5.75. The summed E-state index contributed by atoms with van der Waals surface area (Å²) in [7, 11) is 0. The summed E-state index contributed by atoms with van der Waals surface area (Å²) in [4.78, 5) is 0. The highest BCUT2D eigenvalue weighted by Gasteiger charge is 2.33. The first-order chi connectivity index (χ1) is 8.41. The summed E-state index contributed by atoms with van der Waals surface area (Å²) in [6, 6.07) is 10.5. The molecule has 0 amide bonds. The van der Waals surface area contributed by atoms with Crippen LogP contribution in [0.2, 0.25) is 0 Å². The molecule has 0 atom stereocenters.